The number of carbonyl (C=O) groups is 1. The van der Waals surface area contributed by atoms with Crippen LogP contribution in [-0.4, -0.2) is 33.8 Å². The number of amides is 1. The molecule has 0 saturated heterocycles. The number of rotatable bonds is 2. The van der Waals surface area contributed by atoms with E-state index < -0.39 is 0 Å². The number of aromatic amines is 1. The lowest BCUT2D eigenvalue weighted by molar-refractivity contribution is -0.131. The van der Waals surface area contributed by atoms with Gasteiger partial charge in [0, 0.05) is 40.6 Å². The second-order valence-electron chi connectivity index (χ2n) is 5.13. The van der Waals surface area contributed by atoms with Crippen LogP contribution in [-0.2, 0) is 17.8 Å². The lowest BCUT2D eigenvalue weighted by atomic mass is 10.0. The van der Waals surface area contributed by atoms with Crippen molar-refractivity contribution >= 4 is 44.5 Å². The van der Waals surface area contributed by atoms with Gasteiger partial charge in [0.1, 0.15) is 0 Å². The van der Waals surface area contributed by atoms with E-state index in [9.17, 15) is 4.79 Å². The number of hydrogen-bond donors (Lipinski definition) is 1. The third-order valence-corrected chi connectivity index (χ3v) is 5.54. The normalized spacial score (nSPS) is 16.2. The summed E-state index contributed by atoms with van der Waals surface area (Å²) < 4.78 is 1.08. The van der Waals surface area contributed by atoms with Crippen LogP contribution in [0.2, 0.25) is 0 Å². The molecule has 1 aliphatic rings. The molecule has 0 saturated carbocycles. The van der Waals surface area contributed by atoms with Gasteiger partial charge >= 0.3 is 0 Å². The monoisotopic (exact) mass is 352 g/mol. The highest BCUT2D eigenvalue weighted by molar-refractivity contribution is 9.10. The summed E-state index contributed by atoms with van der Waals surface area (Å²) in [6.45, 7) is 3.50. The minimum atomic E-state index is 0.0356. The van der Waals surface area contributed by atoms with Crippen LogP contribution in [0.4, 0.5) is 0 Å². The molecule has 0 unspecified atom stereocenters. The number of thioether (sulfide) groups is 1. The molecule has 5 heteroatoms. The fourth-order valence-electron chi connectivity index (χ4n) is 2.75. The van der Waals surface area contributed by atoms with E-state index in [0.717, 1.165) is 29.5 Å². The second-order valence-corrected chi connectivity index (χ2v) is 7.17. The van der Waals surface area contributed by atoms with Crippen molar-refractivity contribution in [2.24, 2.45) is 0 Å². The highest BCUT2D eigenvalue weighted by atomic mass is 79.9. The lowest BCUT2D eigenvalue weighted by Crippen LogP contribution is -2.39. The first-order valence-corrected chi connectivity index (χ1v) is 8.79. The Balaban J connectivity index is 1.97. The summed E-state index contributed by atoms with van der Waals surface area (Å²) in [4.78, 5) is 17.8. The van der Waals surface area contributed by atoms with E-state index in [0.29, 0.717) is 0 Å². The molecular weight excluding hydrogens is 336 g/mol. The van der Waals surface area contributed by atoms with Crippen LogP contribution in [0.5, 0.6) is 0 Å². The Labute approximate surface area is 131 Å². The molecule has 20 heavy (non-hydrogen) atoms. The zero-order valence-electron chi connectivity index (χ0n) is 11.6. The lowest BCUT2D eigenvalue weighted by Gasteiger charge is -2.29. The van der Waals surface area contributed by atoms with E-state index in [1.165, 1.54) is 16.6 Å². The van der Waals surface area contributed by atoms with Crippen molar-refractivity contribution < 1.29 is 4.79 Å². The predicted octanol–water partition coefficient (Wildman–Crippen LogP) is 3.57. The number of para-hydroxylation sites is 1. The zero-order valence-corrected chi connectivity index (χ0v) is 14.0. The maximum atomic E-state index is 12.3. The fraction of sp³-hybridized carbons (Fsp3) is 0.400. The molecule has 1 aliphatic heterocycles. The Morgan fingerprint density at radius 1 is 1.50 bits per heavy atom. The molecule has 0 radical (unpaired) electrons. The Kier molecular flexibility index (Phi) is 3.82. The van der Waals surface area contributed by atoms with Crippen molar-refractivity contribution in [3.63, 3.8) is 0 Å². The average Bonchev–Trinajstić information content (AvgIpc) is 2.85. The zero-order chi connectivity index (χ0) is 14.3. The average molecular weight is 353 g/mol. The molecule has 106 valence electrons. The van der Waals surface area contributed by atoms with Gasteiger partial charge < -0.3 is 9.88 Å². The molecule has 3 rings (SSSR count). The Morgan fingerprint density at radius 2 is 2.30 bits per heavy atom. The molecule has 0 bridgehead atoms. The standard InChI is InChI=1S/C15H17BrN2OS/c1-9(20-2)15(19)18-7-6-13-11(8-18)10-4-3-5-12(16)14(10)17-13/h3-5,9,17H,6-8H2,1-2H3/t9-/m0/s1. The molecule has 1 amide bonds. The van der Waals surface area contributed by atoms with Crippen LogP contribution >= 0.6 is 27.7 Å². The quantitative estimate of drug-likeness (QED) is 0.896. The third-order valence-electron chi connectivity index (χ3n) is 3.97. The molecule has 0 aliphatic carbocycles. The first kappa shape index (κ1) is 14.0. The molecule has 2 aromatic rings. The third kappa shape index (κ3) is 2.27. The van der Waals surface area contributed by atoms with Crippen molar-refractivity contribution in [1.29, 1.82) is 0 Å². The Hall–Kier alpha value is -0.940. The summed E-state index contributed by atoms with van der Waals surface area (Å²) in [5.74, 6) is 0.243. The SMILES string of the molecule is CS[C@@H](C)C(=O)N1CCc2[nH]c3c(Br)cccc3c2C1. The molecule has 0 spiro atoms. The largest absolute Gasteiger partial charge is 0.357 e. The number of fused-ring (bicyclic) bond motifs is 3. The molecule has 1 N–H and O–H groups in total. The van der Waals surface area contributed by atoms with Gasteiger partial charge in [0.2, 0.25) is 5.91 Å². The molecule has 1 atom stereocenters. The van der Waals surface area contributed by atoms with Gasteiger partial charge in [0.15, 0.2) is 0 Å². The van der Waals surface area contributed by atoms with E-state index in [1.807, 2.05) is 30.2 Å². The van der Waals surface area contributed by atoms with Gasteiger partial charge in [-0.3, -0.25) is 4.79 Å². The highest BCUT2D eigenvalue weighted by Gasteiger charge is 2.26. The van der Waals surface area contributed by atoms with Crippen LogP contribution in [0.25, 0.3) is 10.9 Å². The van der Waals surface area contributed by atoms with Crippen LogP contribution in [0.3, 0.4) is 0 Å². The van der Waals surface area contributed by atoms with Crippen molar-refractivity contribution in [1.82, 2.24) is 9.88 Å². The number of aromatic nitrogens is 1. The van der Waals surface area contributed by atoms with Gasteiger partial charge in [-0.25, -0.2) is 0 Å². The number of H-pyrrole nitrogens is 1. The summed E-state index contributed by atoms with van der Waals surface area (Å²) in [6.07, 6.45) is 2.89. The number of hydrogen-bond acceptors (Lipinski definition) is 2. The van der Waals surface area contributed by atoms with Crippen LogP contribution in [0.1, 0.15) is 18.2 Å². The van der Waals surface area contributed by atoms with Crippen molar-refractivity contribution in [3.05, 3.63) is 33.9 Å². The minimum absolute atomic E-state index is 0.0356. The number of halogens is 1. The van der Waals surface area contributed by atoms with Crippen LogP contribution in [0, 0.1) is 0 Å². The Bertz CT molecular complexity index is 667. The van der Waals surface area contributed by atoms with Crippen molar-refractivity contribution in [2.75, 3.05) is 12.8 Å². The number of carbonyl (C=O) groups excluding carboxylic acids is 1. The topological polar surface area (TPSA) is 36.1 Å². The first-order valence-electron chi connectivity index (χ1n) is 6.71. The summed E-state index contributed by atoms with van der Waals surface area (Å²) in [5.41, 5.74) is 3.69. The Morgan fingerprint density at radius 3 is 3.05 bits per heavy atom. The van der Waals surface area contributed by atoms with E-state index in [-0.39, 0.29) is 11.2 Å². The van der Waals surface area contributed by atoms with Gasteiger partial charge in [-0.15, -0.1) is 0 Å². The van der Waals surface area contributed by atoms with E-state index in [4.69, 9.17) is 0 Å². The molecule has 2 heterocycles. The maximum Gasteiger partial charge on any atom is 0.235 e. The summed E-state index contributed by atoms with van der Waals surface area (Å²) in [5, 5.41) is 1.26. The maximum absolute atomic E-state index is 12.3. The molecular formula is C15H17BrN2OS. The summed E-state index contributed by atoms with van der Waals surface area (Å²) in [6, 6.07) is 6.22. The summed E-state index contributed by atoms with van der Waals surface area (Å²) >= 11 is 5.20. The van der Waals surface area contributed by atoms with Gasteiger partial charge in [-0.2, -0.15) is 11.8 Å². The van der Waals surface area contributed by atoms with Crippen molar-refractivity contribution in [3.8, 4) is 0 Å². The summed E-state index contributed by atoms with van der Waals surface area (Å²) in [7, 11) is 0. The van der Waals surface area contributed by atoms with Gasteiger partial charge in [0.05, 0.1) is 10.8 Å². The molecule has 1 aromatic heterocycles. The van der Waals surface area contributed by atoms with Gasteiger partial charge in [0.25, 0.3) is 0 Å². The molecule has 3 nitrogen and oxygen atoms in total. The first-order chi connectivity index (χ1) is 9.61. The van der Waals surface area contributed by atoms with Crippen molar-refractivity contribution in [2.45, 2.75) is 25.1 Å². The van der Waals surface area contributed by atoms with Crippen LogP contribution < -0.4 is 0 Å². The number of nitrogens with zero attached hydrogens (tertiary/aromatic N) is 1. The fourth-order valence-corrected chi connectivity index (χ4v) is 3.56. The van der Waals surface area contributed by atoms with Gasteiger partial charge in [-0.05, 0) is 35.2 Å². The number of nitrogens with one attached hydrogen (secondary N) is 1. The number of benzene rings is 1. The minimum Gasteiger partial charge on any atom is -0.357 e. The van der Waals surface area contributed by atoms with E-state index in [2.05, 4.69) is 27.0 Å². The van der Waals surface area contributed by atoms with E-state index >= 15 is 0 Å². The second kappa shape index (κ2) is 5.45. The predicted molar refractivity (Wildman–Crippen MR) is 88.1 cm³/mol. The van der Waals surface area contributed by atoms with Gasteiger partial charge in [-0.1, -0.05) is 12.1 Å². The molecule has 0 fully saturated rings. The highest BCUT2D eigenvalue weighted by Crippen LogP contribution is 2.32. The molecule has 1 aromatic carbocycles. The van der Waals surface area contributed by atoms with Crippen LogP contribution in [0.15, 0.2) is 22.7 Å². The van der Waals surface area contributed by atoms with E-state index in [1.54, 1.807) is 11.8 Å². The smallest absolute Gasteiger partial charge is 0.235 e.